The summed E-state index contributed by atoms with van der Waals surface area (Å²) in [5.41, 5.74) is 2.05. The van der Waals surface area contributed by atoms with Gasteiger partial charge in [-0.1, -0.05) is 13.0 Å². The van der Waals surface area contributed by atoms with Gasteiger partial charge in [-0.15, -0.1) is 0 Å². The predicted octanol–water partition coefficient (Wildman–Crippen LogP) is 2.02. The second kappa shape index (κ2) is 9.38. The van der Waals surface area contributed by atoms with Crippen LogP contribution in [0.5, 0.6) is 0 Å². The molecule has 1 fully saturated rings. The highest BCUT2D eigenvalue weighted by Gasteiger charge is 2.21. The monoisotopic (exact) mass is 431 g/mol. The smallest absolute Gasteiger partial charge is 0.255 e. The molecule has 0 aliphatic carbocycles. The van der Waals surface area contributed by atoms with Crippen LogP contribution in [-0.2, 0) is 14.8 Å². The molecule has 3 rings (SSSR count). The molecule has 1 saturated heterocycles. The van der Waals surface area contributed by atoms with Crippen LogP contribution in [0.15, 0.2) is 47.4 Å². The molecule has 2 amide bonds. The Morgan fingerprint density at radius 3 is 2.37 bits per heavy atom. The van der Waals surface area contributed by atoms with Gasteiger partial charge in [-0.25, -0.2) is 13.1 Å². The fourth-order valence-corrected chi connectivity index (χ4v) is 4.23. The van der Waals surface area contributed by atoms with Gasteiger partial charge in [-0.05, 0) is 48.9 Å². The van der Waals surface area contributed by atoms with Crippen molar-refractivity contribution in [1.82, 2.24) is 9.62 Å². The van der Waals surface area contributed by atoms with E-state index in [1.807, 2.05) is 0 Å². The molecule has 9 heteroatoms. The lowest BCUT2D eigenvalue weighted by atomic mass is 10.0. The summed E-state index contributed by atoms with van der Waals surface area (Å²) in [6.45, 7) is 5.87. The van der Waals surface area contributed by atoms with Gasteiger partial charge in [0.25, 0.3) is 11.8 Å². The summed E-state index contributed by atoms with van der Waals surface area (Å²) in [6.07, 6.45) is 0. The van der Waals surface area contributed by atoms with Gasteiger partial charge >= 0.3 is 0 Å². The highest BCUT2D eigenvalue weighted by Crippen LogP contribution is 2.22. The Hall–Kier alpha value is -2.75. The Balaban J connectivity index is 1.76. The number of benzene rings is 2. The molecule has 0 aromatic heterocycles. The van der Waals surface area contributed by atoms with Gasteiger partial charge in [0.15, 0.2) is 0 Å². The summed E-state index contributed by atoms with van der Waals surface area (Å²) >= 11 is 0. The standard InChI is InChI=1S/C21H25N3O5S/c1-3-22-30(27,28)17-9-7-16(8-10-17)20(25)23-19-6-4-5-18(15(19)2)21(26)24-11-13-29-14-12-24/h4-10,22H,3,11-14H2,1-2H3,(H,23,25). The van der Waals surface area contributed by atoms with E-state index < -0.39 is 10.0 Å². The van der Waals surface area contributed by atoms with E-state index in [2.05, 4.69) is 10.0 Å². The molecule has 1 aliphatic heterocycles. The number of hydrogen-bond donors (Lipinski definition) is 2. The maximum atomic E-state index is 12.8. The molecular weight excluding hydrogens is 406 g/mol. The number of carbonyl (C=O) groups is 2. The SMILES string of the molecule is CCNS(=O)(=O)c1ccc(C(=O)Nc2cccc(C(=O)N3CCOCC3)c2C)cc1. The van der Waals surface area contributed by atoms with Crippen LogP contribution in [0, 0.1) is 6.92 Å². The zero-order valence-corrected chi connectivity index (χ0v) is 17.8. The molecule has 1 heterocycles. The summed E-state index contributed by atoms with van der Waals surface area (Å²) in [7, 11) is -3.58. The van der Waals surface area contributed by atoms with Gasteiger partial charge in [0.2, 0.25) is 10.0 Å². The van der Waals surface area contributed by atoms with Crippen LogP contribution in [0.3, 0.4) is 0 Å². The van der Waals surface area contributed by atoms with Crippen molar-refractivity contribution < 1.29 is 22.7 Å². The number of nitrogens with one attached hydrogen (secondary N) is 2. The average Bonchev–Trinajstić information content (AvgIpc) is 2.75. The van der Waals surface area contributed by atoms with Crippen molar-refractivity contribution in [2.75, 3.05) is 38.2 Å². The van der Waals surface area contributed by atoms with Crippen LogP contribution >= 0.6 is 0 Å². The number of sulfonamides is 1. The van der Waals surface area contributed by atoms with Crippen molar-refractivity contribution in [2.24, 2.45) is 0 Å². The third-order valence-electron chi connectivity index (χ3n) is 4.87. The van der Waals surface area contributed by atoms with E-state index in [0.29, 0.717) is 48.7 Å². The lowest BCUT2D eigenvalue weighted by Crippen LogP contribution is -2.41. The van der Waals surface area contributed by atoms with Crippen molar-refractivity contribution in [3.05, 3.63) is 59.2 Å². The van der Waals surface area contributed by atoms with Crippen LogP contribution < -0.4 is 10.0 Å². The molecular formula is C21H25N3O5S. The molecule has 30 heavy (non-hydrogen) atoms. The van der Waals surface area contributed by atoms with Gasteiger partial charge in [-0.2, -0.15) is 0 Å². The number of rotatable bonds is 6. The molecule has 160 valence electrons. The van der Waals surface area contributed by atoms with Crippen molar-refractivity contribution in [3.8, 4) is 0 Å². The molecule has 0 spiro atoms. The van der Waals surface area contributed by atoms with E-state index >= 15 is 0 Å². The summed E-state index contributed by atoms with van der Waals surface area (Å²) < 4.78 is 31.7. The largest absolute Gasteiger partial charge is 0.378 e. The molecule has 1 aliphatic rings. The molecule has 2 aromatic carbocycles. The minimum absolute atomic E-state index is 0.0927. The van der Waals surface area contributed by atoms with Gasteiger partial charge < -0.3 is 15.0 Å². The Morgan fingerprint density at radius 2 is 1.73 bits per heavy atom. The number of carbonyl (C=O) groups excluding carboxylic acids is 2. The molecule has 2 aromatic rings. The van der Waals surface area contributed by atoms with Crippen molar-refractivity contribution >= 4 is 27.5 Å². The first kappa shape index (κ1) is 21.9. The molecule has 0 radical (unpaired) electrons. The lowest BCUT2D eigenvalue weighted by molar-refractivity contribution is 0.0302. The summed E-state index contributed by atoms with van der Waals surface area (Å²) in [6, 6.07) is 10.9. The topological polar surface area (TPSA) is 105 Å². The van der Waals surface area contributed by atoms with Gasteiger partial charge in [0, 0.05) is 36.4 Å². The Kier molecular flexibility index (Phi) is 6.86. The fraction of sp³-hybridized carbons (Fsp3) is 0.333. The maximum Gasteiger partial charge on any atom is 0.255 e. The molecule has 8 nitrogen and oxygen atoms in total. The first-order valence-corrected chi connectivity index (χ1v) is 11.2. The molecule has 0 saturated carbocycles. The van der Waals surface area contributed by atoms with E-state index in [9.17, 15) is 18.0 Å². The number of ether oxygens (including phenoxy) is 1. The third-order valence-corrected chi connectivity index (χ3v) is 6.43. The van der Waals surface area contributed by atoms with Crippen LogP contribution in [0.4, 0.5) is 5.69 Å². The van der Waals surface area contributed by atoms with Crippen molar-refractivity contribution in [1.29, 1.82) is 0 Å². The van der Waals surface area contributed by atoms with Gasteiger partial charge in [0.1, 0.15) is 0 Å². The van der Waals surface area contributed by atoms with Crippen LogP contribution in [-0.4, -0.2) is 58.0 Å². The molecule has 0 atom stereocenters. The number of morpholine rings is 1. The predicted molar refractivity (Wildman–Crippen MR) is 113 cm³/mol. The van der Waals surface area contributed by atoms with Gasteiger partial charge in [-0.3, -0.25) is 9.59 Å². The number of anilines is 1. The number of hydrogen-bond acceptors (Lipinski definition) is 5. The molecule has 0 unspecified atom stereocenters. The fourth-order valence-electron chi connectivity index (χ4n) is 3.19. The van der Waals surface area contributed by atoms with E-state index in [-0.39, 0.29) is 23.3 Å². The zero-order chi connectivity index (χ0) is 21.7. The minimum Gasteiger partial charge on any atom is -0.378 e. The van der Waals surface area contributed by atoms with E-state index in [4.69, 9.17) is 4.74 Å². The molecule has 0 bridgehead atoms. The second-order valence-electron chi connectivity index (χ2n) is 6.86. The number of amides is 2. The Bertz CT molecular complexity index is 1030. The highest BCUT2D eigenvalue weighted by atomic mass is 32.2. The van der Waals surface area contributed by atoms with Crippen molar-refractivity contribution in [3.63, 3.8) is 0 Å². The second-order valence-corrected chi connectivity index (χ2v) is 8.63. The first-order chi connectivity index (χ1) is 14.3. The Morgan fingerprint density at radius 1 is 1.07 bits per heavy atom. The number of nitrogens with zero attached hydrogens (tertiary/aromatic N) is 1. The molecule has 2 N–H and O–H groups in total. The van der Waals surface area contributed by atoms with Crippen LogP contribution in [0.25, 0.3) is 0 Å². The summed E-state index contributed by atoms with van der Waals surface area (Å²) in [5, 5.41) is 2.81. The maximum absolute atomic E-state index is 12.8. The minimum atomic E-state index is -3.58. The third kappa shape index (κ3) is 4.86. The van der Waals surface area contributed by atoms with Crippen LogP contribution in [0.1, 0.15) is 33.2 Å². The average molecular weight is 432 g/mol. The Labute approximate surface area is 176 Å². The van der Waals surface area contributed by atoms with Crippen LogP contribution in [0.2, 0.25) is 0 Å². The first-order valence-electron chi connectivity index (χ1n) is 9.71. The zero-order valence-electron chi connectivity index (χ0n) is 17.0. The van der Waals surface area contributed by atoms with Crippen molar-refractivity contribution in [2.45, 2.75) is 18.7 Å². The summed E-state index contributed by atoms with van der Waals surface area (Å²) in [5.74, 6) is -0.480. The van der Waals surface area contributed by atoms with Gasteiger partial charge in [0.05, 0.1) is 18.1 Å². The quantitative estimate of drug-likeness (QED) is 0.728. The normalized spacial score (nSPS) is 14.4. The van der Waals surface area contributed by atoms with E-state index in [1.54, 1.807) is 36.9 Å². The highest BCUT2D eigenvalue weighted by molar-refractivity contribution is 7.89. The van der Waals surface area contributed by atoms with E-state index in [0.717, 1.165) is 0 Å². The lowest BCUT2D eigenvalue weighted by Gasteiger charge is -2.27. The summed E-state index contributed by atoms with van der Waals surface area (Å²) in [4.78, 5) is 27.3. The van der Waals surface area contributed by atoms with E-state index in [1.165, 1.54) is 24.3 Å².